The van der Waals surface area contributed by atoms with Crippen LogP contribution in [-0.2, 0) is 11.3 Å². The summed E-state index contributed by atoms with van der Waals surface area (Å²) < 4.78 is 10.5. The Morgan fingerprint density at radius 1 is 1.08 bits per heavy atom. The summed E-state index contributed by atoms with van der Waals surface area (Å²) in [5.41, 5.74) is 2.23. The average molecular weight is 325 g/mol. The van der Waals surface area contributed by atoms with Crippen molar-refractivity contribution in [3.63, 3.8) is 0 Å². The molecule has 0 spiro atoms. The zero-order valence-corrected chi connectivity index (χ0v) is 14.4. The molecule has 0 heterocycles. The topological polar surface area (TPSA) is 38.8 Å². The minimum absolute atomic E-state index is 0.0816. The van der Waals surface area contributed by atoms with Gasteiger partial charge in [0.15, 0.2) is 0 Å². The van der Waals surface area contributed by atoms with Crippen molar-refractivity contribution < 1.29 is 14.3 Å². The van der Waals surface area contributed by atoms with Gasteiger partial charge in [-0.3, -0.25) is 4.79 Å². The fourth-order valence-corrected chi connectivity index (χ4v) is 3.14. The molecule has 0 aliphatic heterocycles. The SMILES string of the molecule is COc1ccc([C@H]2C[C@@H]2C(=O)N(C)Cc2ccccc2OC)cc1. The fraction of sp³-hybridized carbons (Fsp3) is 0.350. The number of carbonyl (C=O) groups excluding carboxylic acids is 1. The number of hydrogen-bond acceptors (Lipinski definition) is 3. The quantitative estimate of drug-likeness (QED) is 0.816. The largest absolute Gasteiger partial charge is 0.497 e. The molecule has 0 saturated heterocycles. The lowest BCUT2D eigenvalue weighted by atomic mass is 10.1. The van der Waals surface area contributed by atoms with E-state index in [1.165, 1.54) is 5.56 Å². The molecule has 2 aromatic rings. The second-order valence-corrected chi connectivity index (χ2v) is 6.23. The summed E-state index contributed by atoms with van der Waals surface area (Å²) in [6, 6.07) is 15.8. The molecule has 0 radical (unpaired) electrons. The highest BCUT2D eigenvalue weighted by Gasteiger charge is 2.45. The zero-order valence-electron chi connectivity index (χ0n) is 14.4. The van der Waals surface area contributed by atoms with E-state index in [9.17, 15) is 4.79 Å². The van der Waals surface area contributed by atoms with E-state index in [0.717, 1.165) is 23.5 Å². The Labute approximate surface area is 143 Å². The molecule has 0 bridgehead atoms. The van der Waals surface area contributed by atoms with Crippen LogP contribution >= 0.6 is 0 Å². The molecule has 1 saturated carbocycles. The molecule has 1 aliphatic carbocycles. The Kier molecular flexibility index (Phi) is 4.74. The minimum atomic E-state index is 0.0816. The normalized spacial score (nSPS) is 18.8. The monoisotopic (exact) mass is 325 g/mol. The second-order valence-electron chi connectivity index (χ2n) is 6.23. The number of hydrogen-bond donors (Lipinski definition) is 0. The molecule has 0 N–H and O–H groups in total. The lowest BCUT2D eigenvalue weighted by molar-refractivity contribution is -0.131. The molecule has 4 nitrogen and oxygen atoms in total. The number of rotatable bonds is 6. The Morgan fingerprint density at radius 2 is 1.79 bits per heavy atom. The van der Waals surface area contributed by atoms with E-state index in [2.05, 4.69) is 12.1 Å². The fourth-order valence-electron chi connectivity index (χ4n) is 3.14. The van der Waals surface area contributed by atoms with E-state index in [-0.39, 0.29) is 11.8 Å². The number of para-hydroxylation sites is 1. The Balaban J connectivity index is 1.62. The molecule has 4 heteroatoms. The predicted molar refractivity (Wildman–Crippen MR) is 93.3 cm³/mol. The maximum absolute atomic E-state index is 12.7. The van der Waals surface area contributed by atoms with Gasteiger partial charge < -0.3 is 14.4 Å². The number of methoxy groups -OCH3 is 2. The summed E-state index contributed by atoms with van der Waals surface area (Å²) in [5, 5.41) is 0. The standard InChI is InChI=1S/C20H23NO3/c1-21(13-15-6-4-5-7-19(15)24-3)20(22)18-12-17(18)14-8-10-16(23-2)11-9-14/h4-11,17-18H,12-13H2,1-3H3/t17-,18+/m1/s1. The van der Waals surface area contributed by atoms with Gasteiger partial charge in [-0.2, -0.15) is 0 Å². The van der Waals surface area contributed by atoms with Gasteiger partial charge in [-0.15, -0.1) is 0 Å². The number of benzene rings is 2. The lowest BCUT2D eigenvalue weighted by Crippen LogP contribution is -2.28. The van der Waals surface area contributed by atoms with E-state index < -0.39 is 0 Å². The number of nitrogens with zero attached hydrogens (tertiary/aromatic N) is 1. The van der Waals surface area contributed by atoms with Gasteiger partial charge in [-0.05, 0) is 36.1 Å². The Morgan fingerprint density at radius 3 is 2.46 bits per heavy atom. The van der Waals surface area contributed by atoms with Crippen molar-refractivity contribution in [3.8, 4) is 11.5 Å². The van der Waals surface area contributed by atoms with Crippen LogP contribution in [0.3, 0.4) is 0 Å². The first-order chi connectivity index (χ1) is 11.6. The van der Waals surface area contributed by atoms with Gasteiger partial charge in [0.05, 0.1) is 14.2 Å². The summed E-state index contributed by atoms with van der Waals surface area (Å²) in [4.78, 5) is 14.5. The number of ether oxygens (including phenoxy) is 2. The minimum Gasteiger partial charge on any atom is -0.497 e. The van der Waals surface area contributed by atoms with Crippen molar-refractivity contribution in [1.29, 1.82) is 0 Å². The molecule has 1 aliphatic rings. The van der Waals surface area contributed by atoms with E-state index in [1.807, 2.05) is 43.4 Å². The summed E-state index contributed by atoms with van der Waals surface area (Å²) in [6.45, 7) is 0.564. The maximum Gasteiger partial charge on any atom is 0.226 e. The molecule has 0 unspecified atom stereocenters. The highest BCUT2D eigenvalue weighted by Crippen LogP contribution is 2.48. The number of amides is 1. The molecular weight excluding hydrogens is 302 g/mol. The summed E-state index contributed by atoms with van der Waals surface area (Å²) in [6.07, 6.45) is 0.918. The molecule has 2 atom stereocenters. The first kappa shape index (κ1) is 16.4. The van der Waals surface area contributed by atoms with Crippen LogP contribution in [0.5, 0.6) is 11.5 Å². The molecule has 3 rings (SSSR count). The average Bonchev–Trinajstić information content (AvgIpc) is 3.42. The van der Waals surface area contributed by atoms with E-state index >= 15 is 0 Å². The molecular formula is C20H23NO3. The van der Waals surface area contributed by atoms with E-state index in [4.69, 9.17) is 9.47 Å². The van der Waals surface area contributed by atoms with Gasteiger partial charge in [0.2, 0.25) is 5.91 Å². The zero-order chi connectivity index (χ0) is 17.1. The summed E-state index contributed by atoms with van der Waals surface area (Å²) >= 11 is 0. The molecule has 1 amide bonds. The summed E-state index contributed by atoms with van der Waals surface area (Å²) in [5.74, 6) is 2.26. The van der Waals surface area contributed by atoms with Gasteiger partial charge in [0.25, 0.3) is 0 Å². The van der Waals surface area contributed by atoms with Crippen molar-refractivity contribution >= 4 is 5.91 Å². The van der Waals surface area contributed by atoms with E-state index in [1.54, 1.807) is 19.1 Å². The van der Waals surface area contributed by atoms with Crippen LogP contribution in [0.4, 0.5) is 0 Å². The van der Waals surface area contributed by atoms with Crippen molar-refractivity contribution in [3.05, 3.63) is 59.7 Å². The molecule has 24 heavy (non-hydrogen) atoms. The van der Waals surface area contributed by atoms with Gasteiger partial charge >= 0.3 is 0 Å². The lowest BCUT2D eigenvalue weighted by Gasteiger charge is -2.19. The Bertz CT molecular complexity index is 711. The van der Waals surface area contributed by atoms with Crippen molar-refractivity contribution in [2.75, 3.05) is 21.3 Å². The van der Waals surface area contributed by atoms with Crippen LogP contribution in [0, 0.1) is 5.92 Å². The molecule has 2 aromatic carbocycles. The van der Waals surface area contributed by atoms with Crippen molar-refractivity contribution in [2.45, 2.75) is 18.9 Å². The third kappa shape index (κ3) is 3.37. The van der Waals surface area contributed by atoms with E-state index in [0.29, 0.717) is 12.5 Å². The van der Waals surface area contributed by atoms with Crippen molar-refractivity contribution in [1.82, 2.24) is 4.90 Å². The first-order valence-corrected chi connectivity index (χ1v) is 8.15. The van der Waals surface area contributed by atoms with Crippen LogP contribution < -0.4 is 9.47 Å². The van der Waals surface area contributed by atoms with Gasteiger partial charge in [0.1, 0.15) is 11.5 Å². The first-order valence-electron chi connectivity index (χ1n) is 8.15. The number of carbonyl (C=O) groups is 1. The molecule has 1 fully saturated rings. The third-order valence-corrected chi connectivity index (χ3v) is 4.63. The van der Waals surface area contributed by atoms with Crippen LogP contribution in [0.1, 0.15) is 23.5 Å². The van der Waals surface area contributed by atoms with Crippen molar-refractivity contribution in [2.24, 2.45) is 5.92 Å². The third-order valence-electron chi connectivity index (χ3n) is 4.63. The second kappa shape index (κ2) is 6.95. The van der Waals surface area contributed by atoms with Gasteiger partial charge in [0, 0.05) is 25.1 Å². The van der Waals surface area contributed by atoms with Crippen LogP contribution in [0.2, 0.25) is 0 Å². The molecule has 0 aromatic heterocycles. The predicted octanol–water partition coefficient (Wildman–Crippen LogP) is 3.47. The molecule has 126 valence electrons. The van der Waals surface area contributed by atoms with Crippen LogP contribution in [0.25, 0.3) is 0 Å². The van der Waals surface area contributed by atoms with Crippen LogP contribution in [-0.4, -0.2) is 32.1 Å². The van der Waals surface area contributed by atoms with Crippen LogP contribution in [0.15, 0.2) is 48.5 Å². The summed E-state index contributed by atoms with van der Waals surface area (Å²) in [7, 11) is 5.17. The van der Waals surface area contributed by atoms with Gasteiger partial charge in [-0.1, -0.05) is 30.3 Å². The Hall–Kier alpha value is -2.49. The smallest absolute Gasteiger partial charge is 0.226 e. The highest BCUT2D eigenvalue weighted by molar-refractivity contribution is 5.82. The highest BCUT2D eigenvalue weighted by atomic mass is 16.5. The maximum atomic E-state index is 12.7. The van der Waals surface area contributed by atoms with Gasteiger partial charge in [-0.25, -0.2) is 0 Å².